The topological polar surface area (TPSA) is 41.6 Å². The number of para-hydroxylation sites is 1. The molecule has 0 bridgehead atoms. The minimum Gasteiger partial charge on any atom is -0.369 e. The van der Waals surface area contributed by atoms with Crippen molar-refractivity contribution in [2.75, 3.05) is 23.0 Å². The van der Waals surface area contributed by atoms with Crippen molar-refractivity contribution in [3.63, 3.8) is 0 Å². The molecule has 108 valence electrons. The van der Waals surface area contributed by atoms with Crippen LogP contribution in [0.2, 0.25) is 0 Å². The number of thioether (sulfide) groups is 1. The number of nitrogens with two attached hydrogens (primary N) is 1. The third-order valence-corrected chi connectivity index (χ3v) is 5.99. The Morgan fingerprint density at radius 2 is 2.00 bits per heavy atom. The molecule has 2 aliphatic heterocycles. The van der Waals surface area contributed by atoms with Crippen LogP contribution in [-0.2, 0) is 0 Å². The second kappa shape index (κ2) is 4.69. The first-order valence-corrected chi connectivity index (χ1v) is 8.33. The summed E-state index contributed by atoms with van der Waals surface area (Å²) in [5.74, 6) is 3.00. The Morgan fingerprint density at radius 3 is 2.70 bits per heavy atom. The van der Waals surface area contributed by atoms with Gasteiger partial charge in [0.15, 0.2) is 5.96 Å². The van der Waals surface area contributed by atoms with Crippen LogP contribution >= 0.6 is 11.8 Å². The zero-order chi connectivity index (χ0) is 14.4. The van der Waals surface area contributed by atoms with Gasteiger partial charge in [0.25, 0.3) is 0 Å². The first-order chi connectivity index (χ1) is 9.44. The van der Waals surface area contributed by atoms with Crippen molar-refractivity contribution in [3.05, 3.63) is 29.8 Å². The molecule has 0 amide bonds. The van der Waals surface area contributed by atoms with Gasteiger partial charge in [0.05, 0.1) is 12.1 Å². The summed E-state index contributed by atoms with van der Waals surface area (Å²) in [7, 11) is 0. The van der Waals surface area contributed by atoms with E-state index in [-0.39, 0.29) is 5.54 Å². The van der Waals surface area contributed by atoms with Crippen molar-refractivity contribution >= 4 is 23.4 Å². The van der Waals surface area contributed by atoms with Crippen LogP contribution in [0.3, 0.4) is 0 Å². The number of benzene rings is 1. The van der Waals surface area contributed by atoms with Gasteiger partial charge in [-0.25, -0.2) is 0 Å². The molecule has 2 aliphatic rings. The van der Waals surface area contributed by atoms with Gasteiger partial charge in [-0.2, -0.15) is 11.8 Å². The first kappa shape index (κ1) is 13.8. The number of guanidine groups is 1. The lowest BCUT2D eigenvalue weighted by Crippen LogP contribution is -2.58. The largest absolute Gasteiger partial charge is 0.369 e. The fraction of sp³-hybridized carbons (Fsp3) is 0.562. The molecule has 0 saturated carbocycles. The fourth-order valence-corrected chi connectivity index (χ4v) is 5.02. The highest BCUT2D eigenvalue weighted by Crippen LogP contribution is 2.46. The van der Waals surface area contributed by atoms with Crippen molar-refractivity contribution < 1.29 is 0 Å². The Balaban J connectivity index is 2.03. The molecule has 1 aromatic carbocycles. The van der Waals surface area contributed by atoms with E-state index in [0.29, 0.717) is 11.4 Å². The normalized spacial score (nSPS) is 28.8. The molecule has 3 nitrogen and oxygen atoms in total. The van der Waals surface area contributed by atoms with Gasteiger partial charge in [-0.3, -0.25) is 4.99 Å². The smallest absolute Gasteiger partial charge is 0.196 e. The minimum atomic E-state index is 0.0581. The van der Waals surface area contributed by atoms with Crippen molar-refractivity contribution in [1.82, 2.24) is 0 Å². The minimum absolute atomic E-state index is 0.0581. The average molecular weight is 289 g/mol. The molecular formula is C16H23N3S. The quantitative estimate of drug-likeness (QED) is 0.864. The maximum Gasteiger partial charge on any atom is 0.196 e. The zero-order valence-corrected chi connectivity index (χ0v) is 13.3. The molecule has 1 fully saturated rings. The van der Waals surface area contributed by atoms with Gasteiger partial charge in [0.1, 0.15) is 0 Å². The number of aryl methyl sites for hydroxylation is 1. The summed E-state index contributed by atoms with van der Waals surface area (Å²) >= 11 is 2.03. The molecular weight excluding hydrogens is 266 g/mol. The van der Waals surface area contributed by atoms with Crippen LogP contribution in [0.1, 0.15) is 25.8 Å². The summed E-state index contributed by atoms with van der Waals surface area (Å²) in [6, 6.07) is 8.48. The van der Waals surface area contributed by atoms with Crippen LogP contribution in [0.25, 0.3) is 0 Å². The molecule has 4 heteroatoms. The second-order valence-corrected chi connectivity index (χ2v) is 7.84. The van der Waals surface area contributed by atoms with Gasteiger partial charge < -0.3 is 10.6 Å². The third kappa shape index (κ3) is 2.20. The van der Waals surface area contributed by atoms with Crippen molar-refractivity contribution in [2.45, 2.75) is 32.7 Å². The average Bonchev–Trinajstić information content (AvgIpc) is 2.66. The summed E-state index contributed by atoms with van der Waals surface area (Å²) in [6.45, 7) is 7.68. The van der Waals surface area contributed by atoms with Gasteiger partial charge >= 0.3 is 0 Å². The van der Waals surface area contributed by atoms with Gasteiger partial charge in [0, 0.05) is 11.4 Å². The van der Waals surface area contributed by atoms with E-state index < -0.39 is 0 Å². The van der Waals surface area contributed by atoms with E-state index >= 15 is 0 Å². The third-order valence-electron chi connectivity index (χ3n) is 4.27. The molecule has 0 aliphatic carbocycles. The lowest BCUT2D eigenvalue weighted by molar-refractivity contribution is 0.282. The van der Waals surface area contributed by atoms with Gasteiger partial charge in [-0.05, 0) is 36.1 Å². The number of aliphatic imine (C=N–C) groups is 1. The number of rotatable bonds is 1. The zero-order valence-electron chi connectivity index (χ0n) is 12.5. The molecule has 1 aromatic rings. The Morgan fingerprint density at radius 1 is 1.25 bits per heavy atom. The van der Waals surface area contributed by atoms with Gasteiger partial charge in [-0.15, -0.1) is 0 Å². The molecule has 3 rings (SSSR count). The van der Waals surface area contributed by atoms with Crippen molar-refractivity contribution in [3.8, 4) is 0 Å². The molecule has 2 heterocycles. The molecule has 0 radical (unpaired) electrons. The van der Waals surface area contributed by atoms with E-state index in [4.69, 9.17) is 5.73 Å². The van der Waals surface area contributed by atoms with E-state index in [0.717, 1.165) is 18.7 Å². The van der Waals surface area contributed by atoms with Crippen molar-refractivity contribution in [2.24, 2.45) is 16.1 Å². The highest BCUT2D eigenvalue weighted by atomic mass is 32.2. The van der Waals surface area contributed by atoms with E-state index in [2.05, 4.69) is 54.9 Å². The SMILES string of the molecule is Cc1ccccc1N1C(N)=NCC12CSCC(C)(C)C2. The van der Waals surface area contributed by atoms with Crippen LogP contribution in [0.15, 0.2) is 29.3 Å². The number of hydrogen-bond donors (Lipinski definition) is 1. The van der Waals surface area contributed by atoms with E-state index in [1.165, 1.54) is 17.0 Å². The number of hydrogen-bond acceptors (Lipinski definition) is 4. The van der Waals surface area contributed by atoms with Crippen LogP contribution in [0.4, 0.5) is 5.69 Å². The second-order valence-electron chi connectivity index (χ2n) is 6.85. The summed E-state index contributed by atoms with van der Waals surface area (Å²) in [5, 5.41) is 0. The molecule has 1 atom stereocenters. The standard InChI is InChI=1S/C16H23N3S/c1-12-6-4-5-7-13(12)19-14(17)18-9-16(19)8-15(2,3)10-20-11-16/h4-7H,8-11H2,1-3H3,(H2,17,18). The fourth-order valence-electron chi connectivity index (χ4n) is 3.56. The summed E-state index contributed by atoms with van der Waals surface area (Å²) in [5.41, 5.74) is 9.11. The highest BCUT2D eigenvalue weighted by Gasteiger charge is 2.49. The van der Waals surface area contributed by atoms with Crippen LogP contribution in [-0.4, -0.2) is 29.5 Å². The lowest BCUT2D eigenvalue weighted by Gasteiger charge is -2.47. The van der Waals surface area contributed by atoms with E-state index in [1.807, 2.05) is 11.8 Å². The van der Waals surface area contributed by atoms with Gasteiger partial charge in [-0.1, -0.05) is 32.0 Å². The predicted octanol–water partition coefficient (Wildman–Crippen LogP) is 3.03. The number of anilines is 1. The summed E-state index contributed by atoms with van der Waals surface area (Å²) in [4.78, 5) is 6.89. The summed E-state index contributed by atoms with van der Waals surface area (Å²) < 4.78 is 0. The molecule has 20 heavy (non-hydrogen) atoms. The maximum absolute atomic E-state index is 6.24. The van der Waals surface area contributed by atoms with Gasteiger partial charge in [0.2, 0.25) is 0 Å². The Labute approximate surface area is 125 Å². The molecule has 1 unspecified atom stereocenters. The van der Waals surface area contributed by atoms with Crippen LogP contribution < -0.4 is 10.6 Å². The highest BCUT2D eigenvalue weighted by molar-refractivity contribution is 7.99. The Bertz CT molecular complexity index is 552. The molecule has 0 aromatic heterocycles. The van der Waals surface area contributed by atoms with E-state index in [1.54, 1.807) is 0 Å². The Hall–Kier alpha value is -1.16. The predicted molar refractivity (Wildman–Crippen MR) is 88.6 cm³/mol. The molecule has 1 saturated heterocycles. The maximum atomic E-state index is 6.24. The molecule has 2 N–H and O–H groups in total. The monoisotopic (exact) mass is 289 g/mol. The first-order valence-electron chi connectivity index (χ1n) is 7.17. The Kier molecular flexibility index (Phi) is 3.24. The van der Waals surface area contributed by atoms with Crippen LogP contribution in [0.5, 0.6) is 0 Å². The van der Waals surface area contributed by atoms with Crippen LogP contribution in [0, 0.1) is 12.3 Å². The lowest BCUT2D eigenvalue weighted by atomic mass is 9.79. The van der Waals surface area contributed by atoms with Crippen molar-refractivity contribution in [1.29, 1.82) is 0 Å². The molecule has 1 spiro atoms. The number of nitrogens with zero attached hydrogens (tertiary/aromatic N) is 2. The van der Waals surface area contributed by atoms with E-state index in [9.17, 15) is 0 Å². The summed E-state index contributed by atoms with van der Waals surface area (Å²) in [6.07, 6.45) is 1.14.